The molecule has 4 nitrogen and oxygen atoms in total. The number of carbonyl (C=O) groups excluding carboxylic acids is 2. The number of fused-ring (bicyclic) bond motifs is 1. The van der Waals surface area contributed by atoms with Crippen molar-refractivity contribution in [1.29, 1.82) is 0 Å². The third-order valence-electron chi connectivity index (χ3n) is 3.54. The fourth-order valence-electron chi connectivity index (χ4n) is 2.57. The van der Waals surface area contributed by atoms with E-state index < -0.39 is 11.7 Å². The maximum Gasteiger partial charge on any atom is 0.257 e. The number of hydrogen-bond donors (Lipinski definition) is 1. The second kappa shape index (κ2) is 5.28. The quantitative estimate of drug-likeness (QED) is 0.918. The number of halogens is 1. The lowest BCUT2D eigenvalue weighted by Crippen LogP contribution is -2.26. The van der Waals surface area contributed by atoms with Crippen LogP contribution in [0.4, 0.5) is 9.52 Å². The van der Waals surface area contributed by atoms with Gasteiger partial charge in [-0.1, -0.05) is 31.3 Å². The van der Waals surface area contributed by atoms with Gasteiger partial charge in [-0.05, 0) is 30.0 Å². The summed E-state index contributed by atoms with van der Waals surface area (Å²) in [4.78, 5) is 29.2. The van der Waals surface area contributed by atoms with Crippen LogP contribution < -0.4 is 5.32 Å². The highest BCUT2D eigenvalue weighted by molar-refractivity contribution is 7.17. The lowest BCUT2D eigenvalue weighted by atomic mass is 9.78. The van der Waals surface area contributed by atoms with E-state index in [1.807, 2.05) is 13.8 Å². The molecule has 0 atom stereocenters. The zero-order valence-electron chi connectivity index (χ0n) is 12.3. The summed E-state index contributed by atoms with van der Waals surface area (Å²) in [5.74, 6) is -0.838. The summed E-state index contributed by atoms with van der Waals surface area (Å²) in [6.45, 7) is 4.05. The molecule has 0 aliphatic heterocycles. The van der Waals surface area contributed by atoms with Gasteiger partial charge in [-0.15, -0.1) is 0 Å². The maximum absolute atomic E-state index is 13.2. The Balaban J connectivity index is 1.83. The molecule has 3 rings (SSSR count). The minimum atomic E-state index is -0.469. The summed E-state index contributed by atoms with van der Waals surface area (Å²) in [6, 6.07) is 5.44. The third-order valence-corrected chi connectivity index (χ3v) is 4.60. The molecule has 1 aliphatic rings. The van der Waals surface area contributed by atoms with Crippen LogP contribution in [-0.4, -0.2) is 16.7 Å². The number of ketones is 1. The summed E-state index contributed by atoms with van der Waals surface area (Å²) in [6.07, 6.45) is 1.19. The Morgan fingerprint density at radius 2 is 2.14 bits per heavy atom. The van der Waals surface area contributed by atoms with Gasteiger partial charge in [0.2, 0.25) is 0 Å². The molecule has 0 saturated heterocycles. The predicted molar refractivity (Wildman–Crippen MR) is 82.9 cm³/mol. The number of nitrogens with one attached hydrogen (secondary N) is 1. The van der Waals surface area contributed by atoms with Crippen LogP contribution >= 0.6 is 11.3 Å². The first-order valence-corrected chi connectivity index (χ1v) is 7.75. The minimum absolute atomic E-state index is 0.0648. The van der Waals surface area contributed by atoms with Crippen LogP contribution in [0, 0.1) is 11.2 Å². The van der Waals surface area contributed by atoms with Crippen LogP contribution in [0.1, 0.15) is 46.0 Å². The van der Waals surface area contributed by atoms with Crippen molar-refractivity contribution in [1.82, 2.24) is 4.98 Å². The lowest BCUT2D eigenvalue weighted by Gasteiger charge is -2.26. The molecule has 0 fully saturated rings. The first kappa shape index (κ1) is 14.8. The van der Waals surface area contributed by atoms with Crippen LogP contribution in [0.25, 0.3) is 0 Å². The smallest absolute Gasteiger partial charge is 0.257 e. The van der Waals surface area contributed by atoms with Crippen molar-refractivity contribution >= 4 is 28.2 Å². The third kappa shape index (κ3) is 2.92. The Morgan fingerprint density at radius 1 is 1.36 bits per heavy atom. The molecular weight excluding hydrogens is 303 g/mol. The number of thiazole rings is 1. The van der Waals surface area contributed by atoms with E-state index in [1.54, 1.807) is 0 Å². The molecule has 0 bridgehead atoms. The molecule has 0 saturated carbocycles. The topological polar surface area (TPSA) is 59.1 Å². The van der Waals surface area contributed by atoms with E-state index in [9.17, 15) is 14.0 Å². The van der Waals surface area contributed by atoms with Gasteiger partial charge in [0, 0.05) is 12.0 Å². The first-order valence-electron chi connectivity index (χ1n) is 6.94. The molecule has 0 spiro atoms. The van der Waals surface area contributed by atoms with Gasteiger partial charge in [-0.3, -0.25) is 14.9 Å². The molecule has 1 aromatic carbocycles. The van der Waals surface area contributed by atoms with Crippen LogP contribution in [0.15, 0.2) is 24.3 Å². The van der Waals surface area contributed by atoms with Crippen molar-refractivity contribution in [3.8, 4) is 0 Å². The Morgan fingerprint density at radius 3 is 2.86 bits per heavy atom. The number of anilines is 1. The van der Waals surface area contributed by atoms with E-state index in [2.05, 4.69) is 10.3 Å². The van der Waals surface area contributed by atoms with Gasteiger partial charge < -0.3 is 0 Å². The Hall–Kier alpha value is -2.08. The number of Topliss-reactive ketones (excluding diaryl/α,β-unsaturated/α-hetero) is 1. The summed E-state index contributed by atoms with van der Waals surface area (Å²) in [7, 11) is 0. The summed E-state index contributed by atoms with van der Waals surface area (Å²) >= 11 is 1.19. The van der Waals surface area contributed by atoms with Crippen molar-refractivity contribution in [3.05, 3.63) is 46.2 Å². The highest BCUT2D eigenvalue weighted by Gasteiger charge is 2.34. The van der Waals surface area contributed by atoms with Gasteiger partial charge in [-0.2, -0.15) is 0 Å². The Kier molecular flexibility index (Phi) is 3.56. The van der Waals surface area contributed by atoms with Crippen LogP contribution in [-0.2, 0) is 6.42 Å². The van der Waals surface area contributed by atoms with Crippen molar-refractivity contribution in [2.75, 3.05) is 5.32 Å². The summed E-state index contributed by atoms with van der Waals surface area (Å²) in [5.41, 5.74) is 0.850. The molecule has 1 heterocycles. The largest absolute Gasteiger partial charge is 0.298 e. The molecule has 2 aromatic rings. The SMILES string of the molecule is CC1(C)CC(=O)c2sc(NC(=O)c3cccc(F)c3)nc2C1. The number of benzene rings is 1. The van der Waals surface area contributed by atoms with Gasteiger partial charge in [0.25, 0.3) is 5.91 Å². The predicted octanol–water partition coefficient (Wildman–Crippen LogP) is 3.69. The molecule has 0 unspecified atom stereocenters. The minimum Gasteiger partial charge on any atom is -0.298 e. The molecule has 1 amide bonds. The second-order valence-electron chi connectivity index (χ2n) is 6.20. The van der Waals surface area contributed by atoms with Crippen LogP contribution in [0.3, 0.4) is 0 Å². The Labute approximate surface area is 131 Å². The number of aromatic nitrogens is 1. The van der Waals surface area contributed by atoms with E-state index in [4.69, 9.17) is 0 Å². The fourth-order valence-corrected chi connectivity index (χ4v) is 3.49. The van der Waals surface area contributed by atoms with Crippen molar-refractivity contribution in [3.63, 3.8) is 0 Å². The molecule has 114 valence electrons. The van der Waals surface area contributed by atoms with Crippen molar-refractivity contribution < 1.29 is 14.0 Å². The summed E-state index contributed by atoms with van der Waals surface area (Å²) in [5, 5.41) is 3.02. The highest BCUT2D eigenvalue weighted by Crippen LogP contribution is 2.38. The van der Waals surface area contributed by atoms with Crippen LogP contribution in [0.2, 0.25) is 0 Å². The zero-order chi connectivity index (χ0) is 15.9. The normalized spacial score (nSPS) is 16.2. The number of carbonyl (C=O) groups is 2. The standard InChI is InChI=1S/C16H15FN2O2S/c1-16(2)7-11-13(12(20)8-16)22-15(18-11)19-14(21)9-4-3-5-10(17)6-9/h3-6H,7-8H2,1-2H3,(H,18,19,21). The van der Waals surface area contributed by atoms with Crippen molar-refractivity contribution in [2.24, 2.45) is 5.41 Å². The summed E-state index contributed by atoms with van der Waals surface area (Å²) < 4.78 is 13.2. The van der Waals surface area contributed by atoms with E-state index in [0.29, 0.717) is 22.9 Å². The number of hydrogen-bond acceptors (Lipinski definition) is 4. The Bertz CT molecular complexity index is 767. The van der Waals surface area contributed by atoms with E-state index in [1.165, 1.54) is 29.5 Å². The molecule has 1 aromatic heterocycles. The molecule has 22 heavy (non-hydrogen) atoms. The highest BCUT2D eigenvalue weighted by atomic mass is 32.1. The van der Waals surface area contributed by atoms with Gasteiger partial charge >= 0.3 is 0 Å². The van der Waals surface area contributed by atoms with E-state index in [0.717, 1.165) is 11.8 Å². The lowest BCUT2D eigenvalue weighted by molar-refractivity contribution is 0.0915. The van der Waals surface area contributed by atoms with Gasteiger partial charge in [-0.25, -0.2) is 9.37 Å². The molecule has 1 N–H and O–H groups in total. The van der Waals surface area contributed by atoms with E-state index >= 15 is 0 Å². The molecule has 0 radical (unpaired) electrons. The van der Waals surface area contributed by atoms with Crippen molar-refractivity contribution in [2.45, 2.75) is 26.7 Å². The van der Waals surface area contributed by atoms with E-state index in [-0.39, 0.29) is 16.8 Å². The first-order chi connectivity index (χ1) is 10.3. The molecule has 1 aliphatic carbocycles. The van der Waals surface area contributed by atoms with Gasteiger partial charge in [0.1, 0.15) is 5.82 Å². The average molecular weight is 318 g/mol. The zero-order valence-corrected chi connectivity index (χ0v) is 13.1. The molecular formula is C16H15FN2O2S. The van der Waals surface area contributed by atoms with Gasteiger partial charge in [0.15, 0.2) is 10.9 Å². The number of amides is 1. The monoisotopic (exact) mass is 318 g/mol. The number of rotatable bonds is 2. The number of nitrogens with zero attached hydrogens (tertiary/aromatic N) is 1. The maximum atomic E-state index is 13.2. The fraction of sp³-hybridized carbons (Fsp3) is 0.312. The van der Waals surface area contributed by atoms with Crippen LogP contribution in [0.5, 0.6) is 0 Å². The molecule has 6 heteroatoms. The second-order valence-corrected chi connectivity index (χ2v) is 7.20. The van der Waals surface area contributed by atoms with Gasteiger partial charge in [0.05, 0.1) is 10.6 Å². The average Bonchev–Trinajstić information content (AvgIpc) is 2.80.